The summed E-state index contributed by atoms with van der Waals surface area (Å²) in [7, 11) is 1.67. The second-order valence-electron chi connectivity index (χ2n) is 4.81. The molecule has 0 aliphatic heterocycles. The van der Waals surface area contributed by atoms with Crippen LogP contribution in [0, 0.1) is 0 Å². The third-order valence-corrected chi connectivity index (χ3v) is 3.33. The van der Waals surface area contributed by atoms with Gasteiger partial charge in [0, 0.05) is 0 Å². The highest BCUT2D eigenvalue weighted by atomic mass is 16.5. The summed E-state index contributed by atoms with van der Waals surface area (Å²) in [6, 6.07) is 25.7. The molecule has 22 heavy (non-hydrogen) atoms. The van der Waals surface area contributed by atoms with E-state index in [0.29, 0.717) is 0 Å². The van der Waals surface area contributed by atoms with Crippen molar-refractivity contribution in [1.29, 1.82) is 0 Å². The largest absolute Gasteiger partial charge is 0.497 e. The van der Waals surface area contributed by atoms with Crippen molar-refractivity contribution in [2.24, 2.45) is 10.2 Å². The molecule has 3 rings (SSSR count). The van der Waals surface area contributed by atoms with Gasteiger partial charge in [0.25, 0.3) is 0 Å². The van der Waals surface area contributed by atoms with E-state index in [0.717, 1.165) is 28.3 Å². The second kappa shape index (κ2) is 6.68. The fourth-order valence-corrected chi connectivity index (χ4v) is 2.11. The van der Waals surface area contributed by atoms with E-state index in [-0.39, 0.29) is 0 Å². The van der Waals surface area contributed by atoms with Crippen LogP contribution in [0.5, 0.6) is 5.75 Å². The number of benzene rings is 3. The Hall–Kier alpha value is -2.94. The first-order valence-corrected chi connectivity index (χ1v) is 7.06. The zero-order chi connectivity index (χ0) is 15.2. The number of methoxy groups -OCH3 is 1. The van der Waals surface area contributed by atoms with Crippen molar-refractivity contribution < 1.29 is 4.74 Å². The van der Waals surface area contributed by atoms with Gasteiger partial charge in [0.2, 0.25) is 0 Å². The molecule has 0 amide bonds. The molecule has 0 fully saturated rings. The Balaban J connectivity index is 1.76. The van der Waals surface area contributed by atoms with Gasteiger partial charge in [-0.05, 0) is 47.5 Å². The molecular formula is C19H16N2O. The van der Waals surface area contributed by atoms with E-state index in [9.17, 15) is 0 Å². The van der Waals surface area contributed by atoms with Crippen molar-refractivity contribution in [3.63, 3.8) is 0 Å². The number of hydrogen-bond acceptors (Lipinski definition) is 3. The van der Waals surface area contributed by atoms with E-state index in [1.165, 1.54) is 0 Å². The molecule has 0 bridgehead atoms. The van der Waals surface area contributed by atoms with Crippen molar-refractivity contribution in [2.75, 3.05) is 7.11 Å². The van der Waals surface area contributed by atoms with Gasteiger partial charge in [0.1, 0.15) is 5.75 Å². The van der Waals surface area contributed by atoms with Gasteiger partial charge in [0.05, 0.1) is 18.5 Å². The summed E-state index contributed by atoms with van der Waals surface area (Å²) in [5, 5.41) is 8.45. The Labute approximate surface area is 129 Å². The van der Waals surface area contributed by atoms with Crippen molar-refractivity contribution in [1.82, 2.24) is 0 Å². The first-order chi connectivity index (χ1) is 10.8. The summed E-state index contributed by atoms with van der Waals surface area (Å²) in [4.78, 5) is 0. The molecule has 0 radical (unpaired) electrons. The topological polar surface area (TPSA) is 34.0 Å². The Morgan fingerprint density at radius 3 is 1.64 bits per heavy atom. The van der Waals surface area contributed by atoms with Crippen LogP contribution in [0.2, 0.25) is 0 Å². The average molecular weight is 288 g/mol. The molecular weight excluding hydrogens is 272 g/mol. The van der Waals surface area contributed by atoms with Gasteiger partial charge in [-0.3, -0.25) is 0 Å². The Morgan fingerprint density at radius 1 is 0.591 bits per heavy atom. The maximum atomic E-state index is 5.17. The van der Waals surface area contributed by atoms with Crippen LogP contribution in [0.25, 0.3) is 11.1 Å². The lowest BCUT2D eigenvalue weighted by Crippen LogP contribution is -1.82. The third kappa shape index (κ3) is 3.38. The van der Waals surface area contributed by atoms with Crippen molar-refractivity contribution in [3.05, 3.63) is 78.9 Å². The monoisotopic (exact) mass is 288 g/mol. The molecule has 0 aliphatic rings. The highest BCUT2D eigenvalue weighted by molar-refractivity contribution is 5.66. The van der Waals surface area contributed by atoms with E-state index in [1.807, 2.05) is 78.9 Å². The number of ether oxygens (including phenoxy) is 1. The predicted octanol–water partition coefficient (Wildman–Crippen LogP) is 5.78. The average Bonchev–Trinajstić information content (AvgIpc) is 2.61. The van der Waals surface area contributed by atoms with E-state index in [4.69, 9.17) is 4.74 Å². The molecule has 0 heterocycles. The van der Waals surface area contributed by atoms with Gasteiger partial charge in [-0.1, -0.05) is 42.5 Å². The number of nitrogens with zero attached hydrogens (tertiary/aromatic N) is 2. The van der Waals surface area contributed by atoms with Crippen LogP contribution in [0.15, 0.2) is 89.1 Å². The minimum Gasteiger partial charge on any atom is -0.497 e. The maximum absolute atomic E-state index is 5.17. The van der Waals surface area contributed by atoms with E-state index in [1.54, 1.807) is 7.11 Å². The van der Waals surface area contributed by atoms with Crippen molar-refractivity contribution >= 4 is 11.4 Å². The summed E-state index contributed by atoms with van der Waals surface area (Å²) in [6.07, 6.45) is 0. The van der Waals surface area contributed by atoms with Crippen LogP contribution >= 0.6 is 0 Å². The maximum Gasteiger partial charge on any atom is 0.118 e. The fraction of sp³-hybridized carbons (Fsp3) is 0.0526. The first-order valence-electron chi connectivity index (χ1n) is 7.06. The Morgan fingerprint density at radius 2 is 1.09 bits per heavy atom. The molecule has 0 saturated heterocycles. The number of hydrogen-bond donors (Lipinski definition) is 0. The van der Waals surface area contributed by atoms with E-state index >= 15 is 0 Å². The summed E-state index contributed by atoms with van der Waals surface area (Å²) in [5.41, 5.74) is 3.97. The van der Waals surface area contributed by atoms with Crippen LogP contribution in [0.4, 0.5) is 11.4 Å². The number of rotatable bonds is 4. The normalized spacial score (nSPS) is 10.8. The van der Waals surface area contributed by atoms with Crippen LogP contribution < -0.4 is 4.74 Å². The first kappa shape index (κ1) is 14.0. The van der Waals surface area contributed by atoms with Crippen molar-refractivity contribution in [2.45, 2.75) is 0 Å². The minimum absolute atomic E-state index is 0.834. The molecule has 3 aromatic carbocycles. The Kier molecular flexibility index (Phi) is 4.25. The molecule has 0 spiro atoms. The van der Waals surface area contributed by atoms with Crippen LogP contribution in [-0.2, 0) is 0 Å². The molecule has 3 nitrogen and oxygen atoms in total. The fourth-order valence-electron chi connectivity index (χ4n) is 2.11. The summed E-state index contributed by atoms with van der Waals surface area (Å²) < 4.78 is 5.17. The van der Waals surface area contributed by atoms with Gasteiger partial charge in [-0.2, -0.15) is 10.2 Å². The third-order valence-electron chi connectivity index (χ3n) is 3.33. The zero-order valence-corrected chi connectivity index (χ0v) is 12.3. The van der Waals surface area contributed by atoms with Gasteiger partial charge in [0.15, 0.2) is 0 Å². The van der Waals surface area contributed by atoms with Crippen LogP contribution in [0.3, 0.4) is 0 Å². The molecule has 0 saturated carbocycles. The summed E-state index contributed by atoms with van der Waals surface area (Å²) in [6.45, 7) is 0. The van der Waals surface area contributed by atoms with E-state index in [2.05, 4.69) is 10.2 Å². The van der Waals surface area contributed by atoms with Crippen LogP contribution in [0.1, 0.15) is 0 Å². The standard InChI is InChI=1S/C19H16N2O/c1-22-19-13-9-16(10-14-19)15-7-11-18(12-8-15)21-20-17-5-3-2-4-6-17/h2-14H,1H3. The molecule has 3 heteroatoms. The molecule has 0 aliphatic carbocycles. The van der Waals surface area contributed by atoms with Crippen molar-refractivity contribution in [3.8, 4) is 16.9 Å². The van der Waals surface area contributed by atoms with E-state index < -0.39 is 0 Å². The van der Waals surface area contributed by atoms with Gasteiger partial charge in [-0.15, -0.1) is 0 Å². The zero-order valence-electron chi connectivity index (χ0n) is 12.3. The SMILES string of the molecule is COc1ccc(-c2ccc(N=Nc3ccccc3)cc2)cc1. The lowest BCUT2D eigenvalue weighted by atomic mass is 10.1. The molecule has 0 unspecified atom stereocenters. The lowest BCUT2D eigenvalue weighted by Gasteiger charge is -2.04. The quantitative estimate of drug-likeness (QED) is 0.560. The summed E-state index contributed by atoms with van der Waals surface area (Å²) in [5.74, 6) is 0.858. The summed E-state index contributed by atoms with van der Waals surface area (Å²) >= 11 is 0. The minimum atomic E-state index is 0.834. The lowest BCUT2D eigenvalue weighted by molar-refractivity contribution is 0.415. The van der Waals surface area contributed by atoms with Gasteiger partial charge in [-0.25, -0.2) is 0 Å². The smallest absolute Gasteiger partial charge is 0.118 e. The molecule has 0 aromatic heterocycles. The molecule has 3 aromatic rings. The van der Waals surface area contributed by atoms with Gasteiger partial charge >= 0.3 is 0 Å². The van der Waals surface area contributed by atoms with Gasteiger partial charge < -0.3 is 4.74 Å². The molecule has 0 N–H and O–H groups in total. The highest BCUT2D eigenvalue weighted by Gasteiger charge is 1.98. The predicted molar refractivity (Wildman–Crippen MR) is 89.0 cm³/mol. The molecule has 0 atom stereocenters. The van der Waals surface area contributed by atoms with Crippen LogP contribution in [-0.4, -0.2) is 7.11 Å². The second-order valence-corrected chi connectivity index (χ2v) is 4.81. The Bertz CT molecular complexity index is 748. The highest BCUT2D eigenvalue weighted by Crippen LogP contribution is 2.25. The molecule has 108 valence electrons. The number of azo groups is 1.